The number of aromatic nitrogens is 2. The summed E-state index contributed by atoms with van der Waals surface area (Å²) < 4.78 is 54.2. The predicted molar refractivity (Wildman–Crippen MR) is 86.9 cm³/mol. The van der Waals surface area contributed by atoms with Crippen molar-refractivity contribution in [2.75, 3.05) is 6.54 Å². The predicted octanol–water partition coefficient (Wildman–Crippen LogP) is 4.34. The van der Waals surface area contributed by atoms with E-state index in [0.717, 1.165) is 25.3 Å². The van der Waals surface area contributed by atoms with Crippen LogP contribution in [0.1, 0.15) is 53.5 Å². The zero-order valence-corrected chi connectivity index (χ0v) is 14.3. The van der Waals surface area contributed by atoms with Crippen molar-refractivity contribution in [3.05, 3.63) is 53.1 Å². The van der Waals surface area contributed by atoms with Gasteiger partial charge in [-0.1, -0.05) is 25.0 Å². The number of amides is 1. The molecule has 8 heteroatoms. The number of hydrogen-bond acceptors (Lipinski definition) is 2. The Morgan fingerprint density at radius 1 is 1.19 bits per heavy atom. The Kier molecular flexibility index (Phi) is 5.02. The summed E-state index contributed by atoms with van der Waals surface area (Å²) in [6.45, 7) is 0.365. The molecule has 140 valence electrons. The number of aryl methyl sites for hydroxylation is 1. The molecular formula is C18H19F4N3O. The summed E-state index contributed by atoms with van der Waals surface area (Å²) in [7, 11) is 1.43. The van der Waals surface area contributed by atoms with Crippen molar-refractivity contribution in [3.8, 4) is 0 Å². The van der Waals surface area contributed by atoms with Crippen LogP contribution in [0.2, 0.25) is 0 Å². The normalized spacial score (nSPS) is 18.7. The van der Waals surface area contributed by atoms with Crippen LogP contribution in [-0.4, -0.2) is 27.1 Å². The molecule has 1 atom stereocenters. The van der Waals surface area contributed by atoms with Crippen molar-refractivity contribution in [2.45, 2.75) is 37.9 Å². The summed E-state index contributed by atoms with van der Waals surface area (Å²) in [5, 5.41) is 3.55. The zero-order valence-electron chi connectivity index (χ0n) is 14.3. The molecule has 0 radical (unpaired) electrons. The first-order valence-corrected chi connectivity index (χ1v) is 8.45. The fourth-order valence-corrected chi connectivity index (χ4v) is 3.38. The summed E-state index contributed by atoms with van der Waals surface area (Å²) in [6, 6.07) is 6.06. The molecule has 1 aromatic heterocycles. The molecular weight excluding hydrogens is 350 g/mol. The maximum Gasteiger partial charge on any atom is 0.435 e. The second-order valence-electron chi connectivity index (χ2n) is 6.42. The van der Waals surface area contributed by atoms with Gasteiger partial charge < -0.3 is 4.90 Å². The first kappa shape index (κ1) is 18.4. The third-order valence-electron chi connectivity index (χ3n) is 4.67. The highest BCUT2D eigenvalue weighted by Gasteiger charge is 2.37. The van der Waals surface area contributed by atoms with Gasteiger partial charge in [-0.3, -0.25) is 9.48 Å². The molecule has 2 aromatic rings. The van der Waals surface area contributed by atoms with Gasteiger partial charge in [0.05, 0.1) is 17.3 Å². The minimum Gasteiger partial charge on any atom is -0.330 e. The summed E-state index contributed by atoms with van der Waals surface area (Å²) in [6.07, 6.45) is -1.68. The maximum atomic E-state index is 14.1. The minimum absolute atomic E-state index is 0.0717. The average Bonchev–Trinajstić information content (AvgIpc) is 2.82. The highest BCUT2D eigenvalue weighted by molar-refractivity contribution is 5.94. The Labute approximate surface area is 148 Å². The van der Waals surface area contributed by atoms with Gasteiger partial charge in [-0.15, -0.1) is 0 Å². The highest BCUT2D eigenvalue weighted by atomic mass is 19.4. The lowest BCUT2D eigenvalue weighted by atomic mass is 10.0. The molecule has 1 aliphatic heterocycles. The van der Waals surface area contributed by atoms with E-state index in [9.17, 15) is 22.4 Å². The van der Waals surface area contributed by atoms with Gasteiger partial charge in [-0.2, -0.15) is 18.3 Å². The Hall–Kier alpha value is -2.38. The molecule has 0 unspecified atom stereocenters. The molecule has 0 N–H and O–H groups in total. The maximum absolute atomic E-state index is 14.1. The standard InChI is InChI=1S/C18H19F4N3O/c1-24-15(11-16(23-24)18(20,21)22)14-9-3-2-6-10-25(14)17(26)12-7-4-5-8-13(12)19/h4-5,7-8,11,14H,2-3,6,9-10H2,1H3/t14-/m1/s1. The second-order valence-corrected chi connectivity index (χ2v) is 6.42. The van der Waals surface area contributed by atoms with E-state index in [1.807, 2.05) is 0 Å². The van der Waals surface area contributed by atoms with Crippen molar-refractivity contribution >= 4 is 5.91 Å². The van der Waals surface area contributed by atoms with Crippen LogP contribution >= 0.6 is 0 Å². The monoisotopic (exact) mass is 369 g/mol. The molecule has 0 saturated carbocycles. The van der Waals surface area contributed by atoms with E-state index in [0.29, 0.717) is 18.7 Å². The molecule has 0 spiro atoms. The minimum atomic E-state index is -4.55. The van der Waals surface area contributed by atoms with Gasteiger partial charge >= 0.3 is 6.18 Å². The van der Waals surface area contributed by atoms with E-state index < -0.39 is 29.6 Å². The first-order chi connectivity index (χ1) is 12.3. The second kappa shape index (κ2) is 7.09. The van der Waals surface area contributed by atoms with Gasteiger partial charge in [0.1, 0.15) is 5.82 Å². The van der Waals surface area contributed by atoms with Gasteiger partial charge in [0.25, 0.3) is 5.91 Å². The van der Waals surface area contributed by atoms with E-state index in [2.05, 4.69) is 5.10 Å². The lowest BCUT2D eigenvalue weighted by Crippen LogP contribution is -2.36. The lowest BCUT2D eigenvalue weighted by Gasteiger charge is -2.30. The zero-order chi connectivity index (χ0) is 18.9. The van der Waals surface area contributed by atoms with Gasteiger partial charge in [0, 0.05) is 13.6 Å². The smallest absolute Gasteiger partial charge is 0.330 e. The van der Waals surface area contributed by atoms with Crippen molar-refractivity contribution in [2.24, 2.45) is 7.05 Å². The van der Waals surface area contributed by atoms with Crippen molar-refractivity contribution in [3.63, 3.8) is 0 Å². The largest absolute Gasteiger partial charge is 0.435 e. The molecule has 4 nitrogen and oxygen atoms in total. The van der Waals surface area contributed by atoms with E-state index in [4.69, 9.17) is 0 Å². The lowest BCUT2D eigenvalue weighted by molar-refractivity contribution is -0.141. The highest BCUT2D eigenvalue weighted by Crippen LogP contribution is 2.35. The first-order valence-electron chi connectivity index (χ1n) is 8.45. The summed E-state index contributed by atoms with van der Waals surface area (Å²) in [5.74, 6) is -1.15. The number of likely N-dealkylation sites (tertiary alicyclic amines) is 1. The number of rotatable bonds is 2. The van der Waals surface area contributed by atoms with Crippen molar-refractivity contribution < 1.29 is 22.4 Å². The summed E-state index contributed by atoms with van der Waals surface area (Å²) >= 11 is 0. The Morgan fingerprint density at radius 3 is 2.58 bits per heavy atom. The van der Waals surface area contributed by atoms with E-state index in [-0.39, 0.29) is 5.56 Å². The van der Waals surface area contributed by atoms with Gasteiger partial charge in [-0.25, -0.2) is 4.39 Å². The molecule has 3 rings (SSSR count). The Bertz CT molecular complexity index is 800. The van der Waals surface area contributed by atoms with Crippen LogP contribution in [0.5, 0.6) is 0 Å². The number of alkyl halides is 3. The summed E-state index contributed by atoms with van der Waals surface area (Å²) in [4.78, 5) is 14.4. The molecule has 0 aliphatic carbocycles. The van der Waals surface area contributed by atoms with Crippen LogP contribution in [-0.2, 0) is 13.2 Å². The van der Waals surface area contributed by atoms with Crippen LogP contribution in [0, 0.1) is 5.82 Å². The Morgan fingerprint density at radius 2 is 1.92 bits per heavy atom. The molecule has 1 amide bonds. The number of hydrogen-bond donors (Lipinski definition) is 0. The molecule has 2 heterocycles. The molecule has 0 bridgehead atoms. The van der Waals surface area contributed by atoms with Crippen molar-refractivity contribution in [1.82, 2.24) is 14.7 Å². The molecule has 1 fully saturated rings. The van der Waals surface area contributed by atoms with E-state index in [1.165, 1.54) is 34.8 Å². The van der Waals surface area contributed by atoms with Gasteiger partial charge in [-0.05, 0) is 31.0 Å². The van der Waals surface area contributed by atoms with E-state index in [1.54, 1.807) is 6.07 Å². The van der Waals surface area contributed by atoms with Crippen LogP contribution < -0.4 is 0 Å². The molecule has 1 aromatic carbocycles. The van der Waals surface area contributed by atoms with Crippen LogP contribution in [0.25, 0.3) is 0 Å². The fraction of sp³-hybridized carbons (Fsp3) is 0.444. The molecule has 1 saturated heterocycles. The number of nitrogens with zero attached hydrogens (tertiary/aromatic N) is 3. The van der Waals surface area contributed by atoms with Gasteiger partial charge in [0.2, 0.25) is 0 Å². The fourth-order valence-electron chi connectivity index (χ4n) is 3.38. The van der Waals surface area contributed by atoms with Crippen LogP contribution in [0.4, 0.5) is 17.6 Å². The number of halogens is 4. The number of benzene rings is 1. The van der Waals surface area contributed by atoms with Crippen LogP contribution in [0.15, 0.2) is 30.3 Å². The summed E-state index contributed by atoms with van der Waals surface area (Å²) in [5.41, 5.74) is -0.751. The SMILES string of the molecule is Cn1nc(C(F)(F)F)cc1[C@H]1CCCCCN1C(=O)c1ccccc1F. The van der Waals surface area contributed by atoms with Crippen LogP contribution in [0.3, 0.4) is 0 Å². The average molecular weight is 369 g/mol. The van der Waals surface area contributed by atoms with Crippen molar-refractivity contribution in [1.29, 1.82) is 0 Å². The van der Waals surface area contributed by atoms with Gasteiger partial charge in [0.15, 0.2) is 5.69 Å². The quantitative estimate of drug-likeness (QED) is 0.739. The number of carbonyl (C=O) groups is 1. The third kappa shape index (κ3) is 3.59. The molecule has 26 heavy (non-hydrogen) atoms. The van der Waals surface area contributed by atoms with E-state index >= 15 is 0 Å². The Balaban J connectivity index is 1.99. The molecule has 1 aliphatic rings. The topological polar surface area (TPSA) is 38.1 Å². The number of carbonyl (C=O) groups excluding carboxylic acids is 1. The third-order valence-corrected chi connectivity index (χ3v) is 4.67.